The van der Waals surface area contributed by atoms with Crippen LogP contribution in [0.15, 0.2) is 42.5 Å². The number of allylic oxidation sites excluding steroid dienone is 5. The Bertz CT molecular complexity index is 594. The van der Waals surface area contributed by atoms with Gasteiger partial charge in [-0.05, 0) is 47.6 Å². The van der Waals surface area contributed by atoms with Crippen LogP contribution in [0.1, 0.15) is 64.2 Å². The van der Waals surface area contributed by atoms with Crippen LogP contribution in [0.4, 0.5) is 0 Å². The van der Waals surface area contributed by atoms with Crippen LogP contribution in [0.25, 0.3) is 11.1 Å². The number of rotatable bonds is 4. The van der Waals surface area contributed by atoms with E-state index in [0.717, 1.165) is 12.8 Å². The maximum atomic E-state index is 4.02. The zero-order valence-electron chi connectivity index (χ0n) is 13.5. The molecule has 0 atom stereocenters. The first-order chi connectivity index (χ1) is 9.47. The summed E-state index contributed by atoms with van der Waals surface area (Å²) < 4.78 is 0. The van der Waals surface area contributed by atoms with E-state index < -0.39 is 0 Å². The molecule has 0 radical (unpaired) electrons. The van der Waals surface area contributed by atoms with Gasteiger partial charge in [0.25, 0.3) is 0 Å². The van der Waals surface area contributed by atoms with E-state index >= 15 is 0 Å². The van der Waals surface area contributed by atoms with Crippen molar-refractivity contribution in [3.63, 3.8) is 0 Å². The summed E-state index contributed by atoms with van der Waals surface area (Å²) in [5.41, 5.74) is 8.51. The third-order valence-corrected chi connectivity index (χ3v) is 4.59. The molecule has 1 aliphatic carbocycles. The molecule has 0 aliphatic heterocycles. The molecule has 106 valence electrons. The van der Waals surface area contributed by atoms with Gasteiger partial charge in [-0.25, -0.2) is 0 Å². The van der Waals surface area contributed by atoms with Crippen LogP contribution >= 0.6 is 0 Å². The van der Waals surface area contributed by atoms with Gasteiger partial charge in [0.2, 0.25) is 0 Å². The second-order valence-electron chi connectivity index (χ2n) is 6.13. The van der Waals surface area contributed by atoms with Crippen molar-refractivity contribution in [1.82, 2.24) is 0 Å². The zero-order valence-corrected chi connectivity index (χ0v) is 13.5. The highest BCUT2D eigenvalue weighted by atomic mass is 14.4. The number of hydrogen-bond donors (Lipinski definition) is 0. The molecule has 0 aromatic heterocycles. The van der Waals surface area contributed by atoms with Crippen molar-refractivity contribution in [3.8, 4) is 0 Å². The molecule has 0 heterocycles. The van der Waals surface area contributed by atoms with Crippen molar-refractivity contribution in [2.24, 2.45) is 0 Å². The summed E-state index contributed by atoms with van der Waals surface area (Å²) in [5, 5.41) is 0. The lowest BCUT2D eigenvalue weighted by molar-refractivity contribution is 0.617. The Morgan fingerprint density at radius 2 is 1.95 bits per heavy atom. The quantitative estimate of drug-likeness (QED) is 0.614. The topological polar surface area (TPSA) is 0 Å². The van der Waals surface area contributed by atoms with Crippen LogP contribution in [0.5, 0.6) is 0 Å². The highest BCUT2D eigenvalue weighted by Crippen LogP contribution is 2.48. The lowest BCUT2D eigenvalue weighted by Gasteiger charge is -2.24. The highest BCUT2D eigenvalue weighted by Gasteiger charge is 2.35. The average molecular weight is 266 g/mol. The molecule has 0 fully saturated rings. The summed E-state index contributed by atoms with van der Waals surface area (Å²) in [4.78, 5) is 0. The first-order valence-electron chi connectivity index (χ1n) is 7.65. The fraction of sp³-hybridized carbons (Fsp3) is 0.400. The summed E-state index contributed by atoms with van der Waals surface area (Å²) in [6.45, 7) is 15.3. The molecule has 0 heteroatoms. The Hall–Kier alpha value is -1.56. The molecule has 2 rings (SSSR count). The molecule has 0 spiro atoms. The highest BCUT2D eigenvalue weighted by molar-refractivity contribution is 5.86. The van der Waals surface area contributed by atoms with Crippen LogP contribution in [-0.2, 0) is 5.41 Å². The lowest BCUT2D eigenvalue weighted by Crippen LogP contribution is -2.17. The molecule has 0 saturated carbocycles. The summed E-state index contributed by atoms with van der Waals surface area (Å²) in [7, 11) is 0. The van der Waals surface area contributed by atoms with Gasteiger partial charge >= 0.3 is 0 Å². The molecule has 20 heavy (non-hydrogen) atoms. The molecule has 0 amide bonds. The molecular formula is C20H26. The fourth-order valence-electron chi connectivity index (χ4n) is 3.49. The van der Waals surface area contributed by atoms with E-state index in [1.165, 1.54) is 33.4 Å². The summed E-state index contributed by atoms with van der Waals surface area (Å²) >= 11 is 0. The van der Waals surface area contributed by atoms with Crippen LogP contribution in [0, 0.1) is 0 Å². The van der Waals surface area contributed by atoms with Crippen LogP contribution in [0.3, 0.4) is 0 Å². The van der Waals surface area contributed by atoms with Gasteiger partial charge in [0, 0.05) is 5.41 Å². The van der Waals surface area contributed by atoms with E-state index in [0.29, 0.717) is 0 Å². The third kappa shape index (κ3) is 2.18. The Labute approximate surface area is 123 Å². The first-order valence-corrected chi connectivity index (χ1v) is 7.65. The largest absolute Gasteiger partial charge is 0.0984 e. The van der Waals surface area contributed by atoms with Crippen LogP contribution < -0.4 is 0 Å². The summed E-state index contributed by atoms with van der Waals surface area (Å²) in [5.74, 6) is 0. The van der Waals surface area contributed by atoms with Gasteiger partial charge in [-0.3, -0.25) is 0 Å². The molecule has 1 aliphatic rings. The van der Waals surface area contributed by atoms with Gasteiger partial charge in [0.1, 0.15) is 0 Å². The van der Waals surface area contributed by atoms with Gasteiger partial charge in [-0.2, -0.15) is 0 Å². The maximum Gasteiger partial charge on any atom is 0.0120 e. The lowest BCUT2D eigenvalue weighted by atomic mass is 9.79. The zero-order chi connectivity index (χ0) is 14.9. The summed E-state index contributed by atoms with van der Waals surface area (Å²) in [6.07, 6.45) is 6.50. The van der Waals surface area contributed by atoms with E-state index in [-0.39, 0.29) is 5.41 Å². The predicted molar refractivity (Wildman–Crippen MR) is 90.8 cm³/mol. The summed E-state index contributed by atoms with van der Waals surface area (Å²) in [6, 6.07) is 6.90. The Kier molecular flexibility index (Phi) is 4.04. The van der Waals surface area contributed by atoms with Crippen molar-refractivity contribution in [3.05, 3.63) is 59.2 Å². The Balaban J connectivity index is 2.61. The van der Waals surface area contributed by atoms with Gasteiger partial charge in [0.05, 0.1) is 0 Å². The van der Waals surface area contributed by atoms with Crippen LogP contribution in [0.2, 0.25) is 0 Å². The molecule has 1 aromatic carbocycles. The van der Waals surface area contributed by atoms with Gasteiger partial charge in [-0.1, -0.05) is 70.2 Å². The molecule has 0 nitrogen and oxygen atoms in total. The number of fused-ring (bicyclic) bond motifs is 1. The van der Waals surface area contributed by atoms with Crippen molar-refractivity contribution >= 4 is 11.1 Å². The SMILES string of the molecule is C=CC1=C(CC)C(C)(C)c2cc(/C(C)=C/CC)ccc21. The monoisotopic (exact) mass is 266 g/mol. The van der Waals surface area contributed by atoms with Crippen molar-refractivity contribution in [2.75, 3.05) is 0 Å². The minimum Gasteiger partial charge on any atom is -0.0984 e. The van der Waals surface area contributed by atoms with Gasteiger partial charge < -0.3 is 0 Å². The third-order valence-electron chi connectivity index (χ3n) is 4.59. The molecular weight excluding hydrogens is 240 g/mol. The molecule has 0 bridgehead atoms. The average Bonchev–Trinajstić information content (AvgIpc) is 2.65. The first kappa shape index (κ1) is 14.8. The van der Waals surface area contributed by atoms with Crippen molar-refractivity contribution < 1.29 is 0 Å². The van der Waals surface area contributed by atoms with Crippen molar-refractivity contribution in [2.45, 2.75) is 52.9 Å². The second kappa shape index (κ2) is 5.44. The molecule has 1 aromatic rings. The maximum absolute atomic E-state index is 4.02. The molecule has 0 saturated heterocycles. The van der Waals surface area contributed by atoms with E-state index in [2.05, 4.69) is 65.5 Å². The van der Waals surface area contributed by atoms with E-state index in [9.17, 15) is 0 Å². The Morgan fingerprint density at radius 1 is 1.25 bits per heavy atom. The van der Waals surface area contributed by atoms with Crippen LogP contribution in [-0.4, -0.2) is 0 Å². The molecule has 0 unspecified atom stereocenters. The fourth-order valence-corrected chi connectivity index (χ4v) is 3.49. The Morgan fingerprint density at radius 3 is 2.50 bits per heavy atom. The minimum atomic E-state index is 0.121. The number of hydrogen-bond acceptors (Lipinski definition) is 0. The standard InChI is InChI=1S/C20H26/c1-7-10-14(4)15-11-12-17-16(8-2)18(9-3)20(5,6)19(17)13-15/h8,10-13H,2,7,9H2,1,3-6H3/b14-10+. The smallest absolute Gasteiger partial charge is 0.0120 e. The minimum absolute atomic E-state index is 0.121. The van der Waals surface area contributed by atoms with Gasteiger partial charge in [-0.15, -0.1) is 0 Å². The van der Waals surface area contributed by atoms with Crippen molar-refractivity contribution in [1.29, 1.82) is 0 Å². The second-order valence-corrected chi connectivity index (χ2v) is 6.13. The van der Waals surface area contributed by atoms with E-state index in [1.54, 1.807) is 0 Å². The van der Waals surface area contributed by atoms with E-state index in [1.807, 2.05) is 6.08 Å². The van der Waals surface area contributed by atoms with E-state index in [4.69, 9.17) is 0 Å². The number of benzene rings is 1. The van der Waals surface area contributed by atoms with Gasteiger partial charge in [0.15, 0.2) is 0 Å². The normalized spacial score (nSPS) is 17.4. The molecule has 0 N–H and O–H groups in total. The predicted octanol–water partition coefficient (Wildman–Crippen LogP) is 6.14.